The van der Waals surface area contributed by atoms with Gasteiger partial charge in [-0.15, -0.1) is 0 Å². The third kappa shape index (κ3) is 3.53. The van der Waals surface area contributed by atoms with Gasteiger partial charge in [0.15, 0.2) is 0 Å². The molecule has 1 aliphatic carbocycles. The normalized spacial score (nSPS) is 25.6. The summed E-state index contributed by atoms with van der Waals surface area (Å²) in [6, 6.07) is 8.84. The Kier molecular flexibility index (Phi) is 5.44. The average Bonchev–Trinajstić information content (AvgIpc) is 2.44. The Morgan fingerprint density at radius 1 is 1.30 bits per heavy atom. The molecule has 0 bridgehead atoms. The van der Waals surface area contributed by atoms with Crippen LogP contribution < -0.4 is 10.1 Å². The van der Waals surface area contributed by atoms with Crippen LogP contribution in [0.1, 0.15) is 45.6 Å². The van der Waals surface area contributed by atoms with E-state index >= 15 is 0 Å². The van der Waals surface area contributed by atoms with Crippen LogP contribution in [-0.2, 0) is 4.74 Å². The quantitative estimate of drug-likeness (QED) is 0.829. The van der Waals surface area contributed by atoms with Crippen LogP contribution in [0.4, 0.5) is 0 Å². The molecule has 1 saturated carbocycles. The molecule has 1 aromatic carbocycles. The highest BCUT2D eigenvalue weighted by atomic mass is 16.5. The van der Waals surface area contributed by atoms with Gasteiger partial charge in [0.2, 0.25) is 0 Å². The summed E-state index contributed by atoms with van der Waals surface area (Å²) < 4.78 is 11.9. The fourth-order valence-corrected chi connectivity index (χ4v) is 2.70. The van der Waals surface area contributed by atoms with E-state index in [2.05, 4.69) is 44.3 Å². The highest BCUT2D eigenvalue weighted by Crippen LogP contribution is 2.30. The Balaban J connectivity index is 1.97. The molecule has 3 atom stereocenters. The third-order valence-corrected chi connectivity index (χ3v) is 3.89. The van der Waals surface area contributed by atoms with Crippen LogP contribution in [0.3, 0.4) is 0 Å². The summed E-state index contributed by atoms with van der Waals surface area (Å²) in [5, 5.41) is 3.46. The van der Waals surface area contributed by atoms with Gasteiger partial charge >= 0.3 is 0 Å². The maximum Gasteiger partial charge on any atom is 0.128 e. The zero-order chi connectivity index (χ0) is 14.5. The summed E-state index contributed by atoms with van der Waals surface area (Å²) in [5.41, 5.74) is 1.32. The van der Waals surface area contributed by atoms with Crippen molar-refractivity contribution in [3.8, 4) is 5.75 Å². The number of benzene rings is 1. The van der Waals surface area contributed by atoms with Gasteiger partial charge in [-0.2, -0.15) is 0 Å². The SMILES string of the molecule is CCNC1CC(Oc2cccc(C(C)C)c2)C1OCC. The molecule has 1 N–H and O–H groups in total. The molecule has 0 amide bonds. The smallest absolute Gasteiger partial charge is 0.128 e. The van der Waals surface area contributed by atoms with Gasteiger partial charge in [0, 0.05) is 19.1 Å². The Morgan fingerprint density at radius 2 is 2.10 bits per heavy atom. The fourth-order valence-electron chi connectivity index (χ4n) is 2.70. The molecule has 1 aromatic rings. The van der Waals surface area contributed by atoms with Gasteiger partial charge in [0.1, 0.15) is 18.0 Å². The first-order chi connectivity index (χ1) is 9.65. The molecule has 112 valence electrons. The highest BCUT2D eigenvalue weighted by Gasteiger charge is 2.43. The van der Waals surface area contributed by atoms with Crippen molar-refractivity contribution in [2.45, 2.75) is 58.3 Å². The van der Waals surface area contributed by atoms with Crippen LogP contribution in [0.25, 0.3) is 0 Å². The highest BCUT2D eigenvalue weighted by molar-refractivity contribution is 5.30. The molecule has 1 fully saturated rings. The van der Waals surface area contributed by atoms with Crippen molar-refractivity contribution in [1.82, 2.24) is 5.32 Å². The molecule has 0 spiro atoms. The lowest BCUT2D eigenvalue weighted by atomic mass is 9.85. The molecule has 0 radical (unpaired) electrons. The van der Waals surface area contributed by atoms with E-state index in [9.17, 15) is 0 Å². The summed E-state index contributed by atoms with van der Waals surface area (Å²) in [5.74, 6) is 1.48. The molecule has 0 heterocycles. The monoisotopic (exact) mass is 277 g/mol. The lowest BCUT2D eigenvalue weighted by molar-refractivity contribution is -0.104. The van der Waals surface area contributed by atoms with E-state index in [1.54, 1.807) is 0 Å². The molecule has 1 aliphatic rings. The van der Waals surface area contributed by atoms with Gasteiger partial charge in [0.25, 0.3) is 0 Å². The first kappa shape index (κ1) is 15.3. The topological polar surface area (TPSA) is 30.5 Å². The Bertz CT molecular complexity index is 419. The van der Waals surface area contributed by atoms with Crippen molar-refractivity contribution in [1.29, 1.82) is 0 Å². The van der Waals surface area contributed by atoms with Crippen molar-refractivity contribution in [2.75, 3.05) is 13.2 Å². The second-order valence-corrected chi connectivity index (χ2v) is 5.70. The first-order valence-corrected chi connectivity index (χ1v) is 7.77. The lowest BCUT2D eigenvalue weighted by Gasteiger charge is -2.44. The van der Waals surface area contributed by atoms with E-state index in [0.29, 0.717) is 12.0 Å². The van der Waals surface area contributed by atoms with Crippen molar-refractivity contribution >= 4 is 0 Å². The average molecular weight is 277 g/mol. The lowest BCUT2D eigenvalue weighted by Crippen LogP contribution is -2.61. The predicted octanol–water partition coefficient (Wildman–Crippen LogP) is 3.34. The summed E-state index contributed by atoms with van der Waals surface area (Å²) in [6.07, 6.45) is 1.36. The summed E-state index contributed by atoms with van der Waals surface area (Å²) >= 11 is 0. The van der Waals surface area contributed by atoms with Gasteiger partial charge in [-0.1, -0.05) is 32.9 Å². The Hall–Kier alpha value is -1.06. The van der Waals surface area contributed by atoms with Crippen LogP contribution in [0.5, 0.6) is 5.75 Å². The van der Waals surface area contributed by atoms with Gasteiger partial charge in [0.05, 0.1) is 0 Å². The van der Waals surface area contributed by atoms with E-state index in [1.165, 1.54) is 5.56 Å². The van der Waals surface area contributed by atoms with Crippen LogP contribution in [-0.4, -0.2) is 31.4 Å². The largest absolute Gasteiger partial charge is 0.488 e. The maximum absolute atomic E-state index is 6.12. The van der Waals surface area contributed by atoms with E-state index < -0.39 is 0 Å². The molecule has 3 unspecified atom stereocenters. The molecule has 0 aromatic heterocycles. The van der Waals surface area contributed by atoms with Crippen molar-refractivity contribution in [3.05, 3.63) is 29.8 Å². The van der Waals surface area contributed by atoms with Crippen LogP contribution in [0.15, 0.2) is 24.3 Å². The van der Waals surface area contributed by atoms with Crippen LogP contribution >= 0.6 is 0 Å². The van der Waals surface area contributed by atoms with E-state index in [0.717, 1.165) is 25.3 Å². The minimum Gasteiger partial charge on any atom is -0.488 e. The summed E-state index contributed by atoms with van der Waals surface area (Å²) in [7, 11) is 0. The molecular weight excluding hydrogens is 250 g/mol. The van der Waals surface area contributed by atoms with E-state index in [-0.39, 0.29) is 12.2 Å². The molecule has 2 rings (SSSR count). The molecule has 0 saturated heterocycles. The number of rotatable bonds is 7. The standard InChI is InChI=1S/C17H27NO2/c1-5-18-15-11-16(17(15)19-6-2)20-14-9-7-8-13(10-14)12(3)4/h7-10,12,15-18H,5-6,11H2,1-4H3. The van der Waals surface area contributed by atoms with Crippen molar-refractivity contribution in [2.24, 2.45) is 0 Å². The second-order valence-electron chi connectivity index (χ2n) is 5.70. The zero-order valence-corrected chi connectivity index (χ0v) is 13.1. The zero-order valence-electron chi connectivity index (χ0n) is 13.1. The Labute approximate surface area is 122 Å². The number of likely N-dealkylation sites (N-methyl/N-ethyl adjacent to an activating group) is 1. The number of ether oxygens (including phenoxy) is 2. The van der Waals surface area contributed by atoms with Crippen molar-refractivity contribution in [3.63, 3.8) is 0 Å². The molecule has 20 heavy (non-hydrogen) atoms. The molecule has 3 heteroatoms. The number of hydrogen-bond acceptors (Lipinski definition) is 3. The number of hydrogen-bond donors (Lipinski definition) is 1. The van der Waals surface area contributed by atoms with Gasteiger partial charge in [-0.25, -0.2) is 0 Å². The minimum atomic E-state index is 0.168. The van der Waals surface area contributed by atoms with Crippen LogP contribution in [0, 0.1) is 0 Å². The fraction of sp³-hybridized carbons (Fsp3) is 0.647. The van der Waals surface area contributed by atoms with Gasteiger partial charge in [-0.05, 0) is 37.1 Å². The molecular formula is C17H27NO2. The number of nitrogens with one attached hydrogen (secondary N) is 1. The maximum atomic E-state index is 6.12. The van der Waals surface area contributed by atoms with Crippen LogP contribution in [0.2, 0.25) is 0 Å². The predicted molar refractivity (Wildman–Crippen MR) is 82.4 cm³/mol. The van der Waals surface area contributed by atoms with E-state index in [4.69, 9.17) is 9.47 Å². The summed E-state index contributed by atoms with van der Waals surface area (Å²) in [6.45, 7) is 10.3. The Morgan fingerprint density at radius 3 is 2.75 bits per heavy atom. The van der Waals surface area contributed by atoms with Gasteiger partial charge < -0.3 is 14.8 Å². The van der Waals surface area contributed by atoms with E-state index in [1.807, 2.05) is 13.0 Å². The first-order valence-electron chi connectivity index (χ1n) is 7.77. The molecule has 3 nitrogen and oxygen atoms in total. The molecule has 0 aliphatic heterocycles. The minimum absolute atomic E-state index is 0.168. The van der Waals surface area contributed by atoms with Crippen molar-refractivity contribution < 1.29 is 9.47 Å². The second kappa shape index (κ2) is 7.09. The van der Waals surface area contributed by atoms with Gasteiger partial charge in [-0.3, -0.25) is 0 Å². The third-order valence-electron chi connectivity index (χ3n) is 3.89. The summed E-state index contributed by atoms with van der Waals surface area (Å²) in [4.78, 5) is 0.